The van der Waals surface area contributed by atoms with Crippen molar-refractivity contribution in [3.05, 3.63) is 54.1 Å². The van der Waals surface area contributed by atoms with E-state index in [9.17, 15) is 4.79 Å². The van der Waals surface area contributed by atoms with Gasteiger partial charge in [0.05, 0.1) is 14.2 Å². The molecule has 1 aliphatic rings. The molecular formula is C21H27N3O3. The Hall–Kier alpha value is -2.73. The molecule has 0 aliphatic carbocycles. The van der Waals surface area contributed by atoms with Gasteiger partial charge in [-0.1, -0.05) is 30.3 Å². The van der Waals surface area contributed by atoms with Crippen molar-refractivity contribution in [2.75, 3.05) is 45.7 Å². The van der Waals surface area contributed by atoms with Crippen LogP contribution in [0.3, 0.4) is 0 Å². The van der Waals surface area contributed by atoms with Crippen LogP contribution in [0, 0.1) is 0 Å². The molecule has 1 atom stereocenters. The molecule has 0 saturated carbocycles. The summed E-state index contributed by atoms with van der Waals surface area (Å²) in [7, 11) is 3.15. The van der Waals surface area contributed by atoms with Crippen molar-refractivity contribution in [1.82, 2.24) is 10.2 Å². The lowest BCUT2D eigenvalue weighted by molar-refractivity contribution is 0.249. The minimum absolute atomic E-state index is 0.221. The van der Waals surface area contributed by atoms with Crippen LogP contribution in [0.2, 0.25) is 0 Å². The van der Waals surface area contributed by atoms with Crippen LogP contribution in [-0.2, 0) is 0 Å². The third kappa shape index (κ3) is 5.14. The van der Waals surface area contributed by atoms with E-state index in [4.69, 9.17) is 9.47 Å². The van der Waals surface area contributed by atoms with Crippen LogP contribution in [0.4, 0.5) is 10.5 Å². The van der Waals surface area contributed by atoms with Crippen LogP contribution < -0.4 is 20.1 Å². The number of likely N-dealkylation sites (tertiary alicyclic amines) is 1. The van der Waals surface area contributed by atoms with Gasteiger partial charge in [-0.2, -0.15) is 0 Å². The highest BCUT2D eigenvalue weighted by atomic mass is 16.5. The summed E-state index contributed by atoms with van der Waals surface area (Å²) in [6.45, 7) is 3.57. The number of carbonyl (C=O) groups is 1. The molecular weight excluding hydrogens is 342 g/mol. The fraction of sp³-hybridized carbons (Fsp3) is 0.381. The molecule has 2 aromatic carbocycles. The van der Waals surface area contributed by atoms with Crippen LogP contribution in [-0.4, -0.2) is 51.3 Å². The number of hydrogen-bond acceptors (Lipinski definition) is 4. The van der Waals surface area contributed by atoms with E-state index in [1.54, 1.807) is 32.4 Å². The number of carbonyl (C=O) groups excluding carboxylic acids is 1. The number of amides is 2. The van der Waals surface area contributed by atoms with Crippen LogP contribution in [0.25, 0.3) is 0 Å². The Labute approximate surface area is 160 Å². The summed E-state index contributed by atoms with van der Waals surface area (Å²) in [6, 6.07) is 15.7. The zero-order chi connectivity index (χ0) is 19.1. The van der Waals surface area contributed by atoms with Crippen LogP contribution in [0.1, 0.15) is 17.9 Å². The highest BCUT2D eigenvalue weighted by Gasteiger charge is 2.23. The number of benzene rings is 2. The zero-order valence-corrected chi connectivity index (χ0v) is 15.9. The second-order valence-corrected chi connectivity index (χ2v) is 6.65. The van der Waals surface area contributed by atoms with Gasteiger partial charge in [-0.25, -0.2) is 4.79 Å². The largest absolute Gasteiger partial charge is 0.493 e. The Kier molecular flexibility index (Phi) is 6.54. The number of hydrogen-bond donors (Lipinski definition) is 2. The molecule has 1 saturated heterocycles. The van der Waals surface area contributed by atoms with E-state index in [0.717, 1.165) is 19.6 Å². The summed E-state index contributed by atoms with van der Waals surface area (Å²) in [5, 5.41) is 5.74. The molecule has 1 aliphatic heterocycles. The van der Waals surface area contributed by atoms with Crippen molar-refractivity contribution in [2.45, 2.75) is 12.3 Å². The van der Waals surface area contributed by atoms with Gasteiger partial charge in [-0.05, 0) is 36.6 Å². The molecule has 0 aromatic heterocycles. The van der Waals surface area contributed by atoms with Gasteiger partial charge in [0.2, 0.25) is 0 Å². The summed E-state index contributed by atoms with van der Waals surface area (Å²) in [5.74, 6) is 1.80. The van der Waals surface area contributed by atoms with Gasteiger partial charge in [0.1, 0.15) is 0 Å². The lowest BCUT2D eigenvalue weighted by Crippen LogP contribution is -2.36. The quantitative estimate of drug-likeness (QED) is 0.786. The SMILES string of the molecule is COc1ccc(NC(=O)NCCN2CC[C@H](c3ccccc3)C2)cc1OC. The Balaban J connectivity index is 1.41. The van der Waals surface area contributed by atoms with Gasteiger partial charge in [0, 0.05) is 31.4 Å². The summed E-state index contributed by atoms with van der Waals surface area (Å²) in [6.07, 6.45) is 1.17. The molecule has 2 aromatic rings. The maximum Gasteiger partial charge on any atom is 0.319 e. The number of methoxy groups -OCH3 is 2. The third-order valence-electron chi connectivity index (χ3n) is 4.90. The number of nitrogens with zero attached hydrogens (tertiary/aromatic N) is 1. The minimum atomic E-state index is -0.221. The number of ether oxygens (including phenoxy) is 2. The lowest BCUT2D eigenvalue weighted by Gasteiger charge is -2.17. The summed E-state index contributed by atoms with van der Waals surface area (Å²) >= 11 is 0. The summed E-state index contributed by atoms with van der Waals surface area (Å²) in [4.78, 5) is 14.5. The van der Waals surface area contributed by atoms with E-state index in [0.29, 0.717) is 29.6 Å². The summed E-state index contributed by atoms with van der Waals surface area (Å²) < 4.78 is 10.5. The third-order valence-corrected chi connectivity index (χ3v) is 4.90. The van der Waals surface area contributed by atoms with E-state index < -0.39 is 0 Å². The first-order valence-electron chi connectivity index (χ1n) is 9.23. The maximum atomic E-state index is 12.1. The second kappa shape index (κ2) is 9.28. The molecule has 1 heterocycles. The fourth-order valence-corrected chi connectivity index (χ4v) is 3.45. The smallest absolute Gasteiger partial charge is 0.319 e. The van der Waals surface area contributed by atoms with Crippen LogP contribution >= 0.6 is 0 Å². The number of anilines is 1. The number of urea groups is 1. The standard InChI is InChI=1S/C21H27N3O3/c1-26-19-9-8-18(14-20(19)27-2)23-21(25)22-11-13-24-12-10-17(15-24)16-6-4-3-5-7-16/h3-9,14,17H,10-13,15H2,1-2H3,(H2,22,23,25)/t17-/m0/s1. The van der Waals surface area contributed by atoms with Crippen molar-refractivity contribution >= 4 is 11.7 Å². The highest BCUT2D eigenvalue weighted by Crippen LogP contribution is 2.29. The van der Waals surface area contributed by atoms with Gasteiger partial charge >= 0.3 is 6.03 Å². The van der Waals surface area contributed by atoms with Crippen molar-refractivity contribution in [1.29, 1.82) is 0 Å². The normalized spacial score (nSPS) is 16.7. The molecule has 27 heavy (non-hydrogen) atoms. The molecule has 0 spiro atoms. The predicted molar refractivity (Wildman–Crippen MR) is 107 cm³/mol. The molecule has 2 amide bonds. The van der Waals surface area contributed by atoms with Gasteiger partial charge in [0.15, 0.2) is 11.5 Å². The molecule has 0 bridgehead atoms. The average molecular weight is 369 g/mol. The zero-order valence-electron chi connectivity index (χ0n) is 15.9. The van der Waals surface area contributed by atoms with E-state index in [2.05, 4.69) is 45.9 Å². The molecule has 3 rings (SSSR count). The first kappa shape index (κ1) is 19.0. The minimum Gasteiger partial charge on any atom is -0.493 e. The maximum absolute atomic E-state index is 12.1. The molecule has 0 radical (unpaired) electrons. The van der Waals surface area contributed by atoms with Gasteiger partial charge in [-0.3, -0.25) is 0 Å². The van der Waals surface area contributed by atoms with Crippen LogP contribution in [0.15, 0.2) is 48.5 Å². The Morgan fingerprint density at radius 3 is 2.63 bits per heavy atom. The second-order valence-electron chi connectivity index (χ2n) is 6.65. The van der Waals surface area contributed by atoms with Crippen molar-refractivity contribution in [3.63, 3.8) is 0 Å². The van der Waals surface area contributed by atoms with E-state index in [1.165, 1.54) is 12.0 Å². The topological polar surface area (TPSA) is 62.8 Å². The van der Waals surface area contributed by atoms with Crippen molar-refractivity contribution < 1.29 is 14.3 Å². The molecule has 144 valence electrons. The molecule has 1 fully saturated rings. The molecule has 6 nitrogen and oxygen atoms in total. The lowest BCUT2D eigenvalue weighted by atomic mass is 9.99. The fourth-order valence-electron chi connectivity index (χ4n) is 3.45. The van der Waals surface area contributed by atoms with Crippen molar-refractivity contribution in [2.24, 2.45) is 0 Å². The average Bonchev–Trinajstić information content (AvgIpc) is 3.17. The Bertz CT molecular complexity index is 752. The van der Waals surface area contributed by atoms with Crippen molar-refractivity contribution in [3.8, 4) is 11.5 Å². The van der Waals surface area contributed by atoms with E-state index >= 15 is 0 Å². The number of rotatable bonds is 7. The van der Waals surface area contributed by atoms with Gasteiger partial charge in [0.25, 0.3) is 0 Å². The highest BCUT2D eigenvalue weighted by molar-refractivity contribution is 5.89. The Morgan fingerprint density at radius 2 is 1.89 bits per heavy atom. The molecule has 6 heteroatoms. The van der Waals surface area contributed by atoms with Crippen LogP contribution in [0.5, 0.6) is 11.5 Å². The molecule has 0 unspecified atom stereocenters. The first-order chi connectivity index (χ1) is 13.2. The predicted octanol–water partition coefficient (Wildman–Crippen LogP) is 3.31. The van der Waals surface area contributed by atoms with E-state index in [-0.39, 0.29) is 6.03 Å². The van der Waals surface area contributed by atoms with E-state index in [1.807, 2.05) is 0 Å². The number of nitrogens with one attached hydrogen (secondary N) is 2. The van der Waals surface area contributed by atoms with Gasteiger partial charge < -0.3 is 25.0 Å². The first-order valence-corrected chi connectivity index (χ1v) is 9.23. The monoisotopic (exact) mass is 369 g/mol. The Morgan fingerprint density at radius 1 is 1.11 bits per heavy atom. The summed E-state index contributed by atoms with van der Waals surface area (Å²) in [5.41, 5.74) is 2.06. The molecule has 2 N–H and O–H groups in total. The van der Waals surface area contributed by atoms with Gasteiger partial charge in [-0.15, -0.1) is 0 Å².